The Labute approximate surface area is 115 Å². The first-order valence-corrected chi connectivity index (χ1v) is 6.35. The molecule has 3 rings (SSSR count). The van der Waals surface area contributed by atoms with Crippen molar-refractivity contribution in [3.63, 3.8) is 0 Å². The van der Waals surface area contributed by atoms with E-state index < -0.39 is 18.0 Å². The van der Waals surface area contributed by atoms with Crippen LogP contribution in [0.1, 0.15) is 12.8 Å². The quantitative estimate of drug-likeness (QED) is 0.855. The number of aliphatic carboxylic acids is 1. The molecule has 1 fully saturated rings. The summed E-state index contributed by atoms with van der Waals surface area (Å²) < 4.78 is 10.4. The molecule has 0 spiro atoms. The van der Waals surface area contributed by atoms with Gasteiger partial charge in [-0.05, 0) is 25.0 Å². The van der Waals surface area contributed by atoms with Crippen LogP contribution in [0.3, 0.4) is 0 Å². The predicted octanol–water partition coefficient (Wildman–Crippen LogP) is 1.50. The van der Waals surface area contributed by atoms with Gasteiger partial charge in [0.25, 0.3) is 0 Å². The van der Waals surface area contributed by atoms with Crippen molar-refractivity contribution >= 4 is 17.7 Å². The maximum Gasteiger partial charge on any atom is 0.326 e. The van der Waals surface area contributed by atoms with Crippen LogP contribution in [0.5, 0.6) is 11.5 Å². The molecule has 2 heterocycles. The highest BCUT2D eigenvalue weighted by molar-refractivity contribution is 5.93. The zero-order chi connectivity index (χ0) is 14.1. The number of carboxylic acid groups (broad SMARTS) is 1. The highest BCUT2D eigenvalue weighted by Crippen LogP contribution is 2.34. The summed E-state index contributed by atoms with van der Waals surface area (Å²) in [7, 11) is 0. The van der Waals surface area contributed by atoms with Gasteiger partial charge in [0, 0.05) is 18.3 Å². The van der Waals surface area contributed by atoms with Crippen molar-refractivity contribution in [1.82, 2.24) is 4.90 Å². The molecule has 1 saturated heterocycles. The second-order valence-corrected chi connectivity index (χ2v) is 4.69. The zero-order valence-corrected chi connectivity index (χ0v) is 10.7. The summed E-state index contributed by atoms with van der Waals surface area (Å²) in [6, 6.07) is 3.90. The van der Waals surface area contributed by atoms with E-state index in [1.807, 2.05) is 0 Å². The minimum absolute atomic E-state index is 0.167. The molecule has 2 amide bonds. The van der Waals surface area contributed by atoms with Crippen LogP contribution in [0.25, 0.3) is 0 Å². The van der Waals surface area contributed by atoms with Gasteiger partial charge >= 0.3 is 12.0 Å². The smallest absolute Gasteiger partial charge is 0.326 e. The van der Waals surface area contributed by atoms with Crippen LogP contribution >= 0.6 is 0 Å². The molecular formula is C13H14N2O5. The topological polar surface area (TPSA) is 88.1 Å². The number of nitrogens with zero attached hydrogens (tertiary/aromatic N) is 1. The van der Waals surface area contributed by atoms with Gasteiger partial charge in [0.1, 0.15) is 6.04 Å². The molecule has 2 aliphatic heterocycles. The SMILES string of the molecule is O=C(O)[C@@H]1CCCN1C(=O)Nc1ccc2c(c1)OCO2. The number of fused-ring (bicyclic) bond motifs is 1. The van der Waals surface area contributed by atoms with Gasteiger partial charge < -0.3 is 24.8 Å². The maximum atomic E-state index is 12.1. The lowest BCUT2D eigenvalue weighted by Crippen LogP contribution is -2.42. The van der Waals surface area contributed by atoms with Crippen molar-refractivity contribution in [2.75, 3.05) is 18.7 Å². The van der Waals surface area contributed by atoms with Crippen LogP contribution < -0.4 is 14.8 Å². The number of carboxylic acids is 1. The fourth-order valence-electron chi connectivity index (χ4n) is 2.44. The average Bonchev–Trinajstić information content (AvgIpc) is 3.06. The molecule has 0 radical (unpaired) electrons. The first-order chi connectivity index (χ1) is 9.65. The summed E-state index contributed by atoms with van der Waals surface area (Å²) >= 11 is 0. The van der Waals surface area contributed by atoms with Gasteiger partial charge in [-0.1, -0.05) is 0 Å². The molecule has 0 unspecified atom stereocenters. The van der Waals surface area contributed by atoms with E-state index in [2.05, 4.69) is 5.32 Å². The lowest BCUT2D eigenvalue weighted by Gasteiger charge is -2.21. The summed E-state index contributed by atoms with van der Waals surface area (Å²) in [4.78, 5) is 24.5. The number of likely N-dealkylation sites (tertiary alicyclic amines) is 1. The molecule has 0 saturated carbocycles. The summed E-state index contributed by atoms with van der Waals surface area (Å²) in [6.07, 6.45) is 1.19. The molecule has 7 nitrogen and oxygen atoms in total. The van der Waals surface area contributed by atoms with Gasteiger partial charge in [-0.2, -0.15) is 0 Å². The molecule has 2 aliphatic rings. The van der Waals surface area contributed by atoms with Crippen molar-refractivity contribution in [3.05, 3.63) is 18.2 Å². The monoisotopic (exact) mass is 278 g/mol. The van der Waals surface area contributed by atoms with Crippen molar-refractivity contribution < 1.29 is 24.2 Å². The summed E-state index contributed by atoms with van der Waals surface area (Å²) in [5.41, 5.74) is 0.551. The normalized spacial score (nSPS) is 20.0. The second-order valence-electron chi connectivity index (χ2n) is 4.69. The number of carbonyl (C=O) groups is 2. The maximum absolute atomic E-state index is 12.1. The Hall–Kier alpha value is -2.44. The van der Waals surface area contributed by atoms with E-state index in [1.54, 1.807) is 18.2 Å². The van der Waals surface area contributed by atoms with Gasteiger partial charge in [-0.25, -0.2) is 9.59 Å². The van der Waals surface area contributed by atoms with E-state index in [0.29, 0.717) is 36.6 Å². The molecule has 2 N–H and O–H groups in total. The van der Waals surface area contributed by atoms with Crippen molar-refractivity contribution in [1.29, 1.82) is 0 Å². The standard InChI is InChI=1S/C13H14N2O5/c16-12(17)9-2-1-5-15(9)13(18)14-8-3-4-10-11(6-8)20-7-19-10/h3-4,6,9H,1-2,5,7H2,(H,14,18)(H,16,17)/t9-/m0/s1. The number of ether oxygens (including phenoxy) is 2. The molecular weight excluding hydrogens is 264 g/mol. The van der Waals surface area contributed by atoms with E-state index in [1.165, 1.54) is 4.90 Å². The third-order valence-electron chi connectivity index (χ3n) is 3.42. The van der Waals surface area contributed by atoms with Crippen LogP contribution in [0.4, 0.5) is 10.5 Å². The predicted molar refractivity (Wildman–Crippen MR) is 68.9 cm³/mol. The number of anilines is 1. The molecule has 0 aliphatic carbocycles. The Morgan fingerprint density at radius 3 is 2.90 bits per heavy atom. The van der Waals surface area contributed by atoms with E-state index in [0.717, 1.165) is 0 Å². The number of urea groups is 1. The number of benzene rings is 1. The molecule has 1 atom stereocenters. The summed E-state index contributed by atoms with van der Waals surface area (Å²) in [5.74, 6) is 0.231. The van der Waals surface area contributed by atoms with Crippen molar-refractivity contribution in [2.24, 2.45) is 0 Å². The fraction of sp³-hybridized carbons (Fsp3) is 0.385. The van der Waals surface area contributed by atoms with Crippen LogP contribution in [0, 0.1) is 0 Å². The molecule has 0 bridgehead atoms. The minimum atomic E-state index is -0.969. The van der Waals surface area contributed by atoms with E-state index in [4.69, 9.17) is 14.6 Å². The Kier molecular flexibility index (Phi) is 3.09. The number of hydrogen-bond donors (Lipinski definition) is 2. The highest BCUT2D eigenvalue weighted by atomic mass is 16.7. The van der Waals surface area contributed by atoms with Gasteiger partial charge in [-0.15, -0.1) is 0 Å². The average molecular weight is 278 g/mol. The highest BCUT2D eigenvalue weighted by Gasteiger charge is 2.34. The lowest BCUT2D eigenvalue weighted by atomic mass is 10.2. The third kappa shape index (κ3) is 2.22. The number of rotatable bonds is 2. The first kappa shape index (κ1) is 12.6. The van der Waals surface area contributed by atoms with Gasteiger partial charge in [0.05, 0.1) is 0 Å². The molecule has 7 heteroatoms. The number of carbonyl (C=O) groups excluding carboxylic acids is 1. The Bertz CT molecular complexity index is 560. The summed E-state index contributed by atoms with van der Waals surface area (Å²) in [5, 5.41) is 11.8. The molecule has 20 heavy (non-hydrogen) atoms. The largest absolute Gasteiger partial charge is 0.480 e. The summed E-state index contributed by atoms with van der Waals surface area (Å²) in [6.45, 7) is 0.618. The third-order valence-corrected chi connectivity index (χ3v) is 3.42. The second kappa shape index (κ2) is 4.92. The molecule has 106 valence electrons. The number of nitrogens with one attached hydrogen (secondary N) is 1. The van der Waals surface area contributed by atoms with Crippen LogP contribution in [0.2, 0.25) is 0 Å². The van der Waals surface area contributed by atoms with Crippen LogP contribution in [-0.2, 0) is 4.79 Å². The van der Waals surface area contributed by atoms with Gasteiger partial charge in [-0.3, -0.25) is 0 Å². The van der Waals surface area contributed by atoms with Crippen LogP contribution in [-0.4, -0.2) is 41.4 Å². The lowest BCUT2D eigenvalue weighted by molar-refractivity contribution is -0.141. The molecule has 1 aromatic rings. The Balaban J connectivity index is 1.71. The fourth-order valence-corrected chi connectivity index (χ4v) is 2.44. The van der Waals surface area contributed by atoms with E-state index >= 15 is 0 Å². The Morgan fingerprint density at radius 1 is 1.30 bits per heavy atom. The van der Waals surface area contributed by atoms with Crippen LogP contribution in [0.15, 0.2) is 18.2 Å². The van der Waals surface area contributed by atoms with E-state index in [-0.39, 0.29) is 6.79 Å². The van der Waals surface area contributed by atoms with E-state index in [9.17, 15) is 9.59 Å². The number of amides is 2. The van der Waals surface area contributed by atoms with Crippen molar-refractivity contribution in [2.45, 2.75) is 18.9 Å². The van der Waals surface area contributed by atoms with Gasteiger partial charge in [0.15, 0.2) is 11.5 Å². The molecule has 1 aromatic carbocycles. The Morgan fingerprint density at radius 2 is 2.10 bits per heavy atom. The number of hydrogen-bond acceptors (Lipinski definition) is 4. The minimum Gasteiger partial charge on any atom is -0.480 e. The zero-order valence-electron chi connectivity index (χ0n) is 10.7. The molecule has 0 aromatic heterocycles. The van der Waals surface area contributed by atoms with Crippen molar-refractivity contribution in [3.8, 4) is 11.5 Å². The first-order valence-electron chi connectivity index (χ1n) is 6.35. The van der Waals surface area contributed by atoms with Gasteiger partial charge in [0.2, 0.25) is 6.79 Å².